The van der Waals surface area contributed by atoms with Crippen LogP contribution in [-0.2, 0) is 6.42 Å². The Morgan fingerprint density at radius 1 is 1.07 bits per heavy atom. The number of rotatable bonds is 2. The molecule has 0 aliphatic carbocycles. The number of benzene rings is 1. The molecule has 0 saturated carbocycles. The van der Waals surface area contributed by atoms with Gasteiger partial charge < -0.3 is 9.85 Å². The molecule has 1 aromatic rings. The molecule has 1 aliphatic heterocycles. The standard InChI is InChI=1S/C13H19NO/c1-2-12-6-8-13(9-7-12)14(15)10-4-3-5-11-14/h6-9H,2-5,10-11H2,1H3. The van der Waals surface area contributed by atoms with Gasteiger partial charge in [0.15, 0.2) is 0 Å². The third-order valence-electron chi connectivity index (χ3n) is 3.35. The van der Waals surface area contributed by atoms with Crippen molar-refractivity contribution >= 4 is 5.69 Å². The second kappa shape index (κ2) is 4.33. The van der Waals surface area contributed by atoms with E-state index < -0.39 is 0 Å². The molecule has 0 unspecified atom stereocenters. The molecule has 2 rings (SSSR count). The summed E-state index contributed by atoms with van der Waals surface area (Å²) in [6.45, 7) is 3.65. The van der Waals surface area contributed by atoms with Gasteiger partial charge in [0.25, 0.3) is 0 Å². The number of piperidine rings is 1. The number of hydroxylamine groups is 2. The van der Waals surface area contributed by atoms with Crippen molar-refractivity contribution in [3.8, 4) is 0 Å². The molecular formula is C13H19NO. The normalized spacial score (nSPS) is 20.1. The van der Waals surface area contributed by atoms with E-state index in [-0.39, 0.29) is 4.65 Å². The molecule has 1 aromatic carbocycles. The zero-order valence-electron chi connectivity index (χ0n) is 9.41. The van der Waals surface area contributed by atoms with Gasteiger partial charge in [0.05, 0.1) is 13.1 Å². The molecule has 15 heavy (non-hydrogen) atoms. The molecule has 1 aliphatic rings. The topological polar surface area (TPSA) is 23.1 Å². The Kier molecular flexibility index (Phi) is 3.08. The Morgan fingerprint density at radius 3 is 2.20 bits per heavy atom. The number of aryl methyl sites for hydroxylation is 1. The van der Waals surface area contributed by atoms with E-state index in [0.29, 0.717) is 0 Å². The first-order chi connectivity index (χ1) is 7.24. The minimum atomic E-state index is -0.107. The first-order valence-electron chi connectivity index (χ1n) is 5.92. The van der Waals surface area contributed by atoms with Crippen molar-refractivity contribution in [3.63, 3.8) is 0 Å². The maximum Gasteiger partial charge on any atom is 0.132 e. The fraction of sp³-hybridized carbons (Fsp3) is 0.538. The molecule has 0 aromatic heterocycles. The summed E-state index contributed by atoms with van der Waals surface area (Å²) in [6, 6.07) is 8.19. The van der Waals surface area contributed by atoms with Gasteiger partial charge in [-0.05, 0) is 43.4 Å². The lowest BCUT2D eigenvalue weighted by molar-refractivity contribution is 0.307. The third-order valence-corrected chi connectivity index (χ3v) is 3.35. The van der Waals surface area contributed by atoms with E-state index in [9.17, 15) is 5.21 Å². The largest absolute Gasteiger partial charge is 0.627 e. The van der Waals surface area contributed by atoms with Crippen LogP contribution >= 0.6 is 0 Å². The first-order valence-corrected chi connectivity index (χ1v) is 5.92. The van der Waals surface area contributed by atoms with Crippen molar-refractivity contribution in [1.82, 2.24) is 4.65 Å². The van der Waals surface area contributed by atoms with Gasteiger partial charge in [0, 0.05) is 0 Å². The highest BCUT2D eigenvalue weighted by atomic mass is 16.5. The summed E-state index contributed by atoms with van der Waals surface area (Å²) < 4.78 is -0.107. The highest BCUT2D eigenvalue weighted by molar-refractivity contribution is 5.45. The van der Waals surface area contributed by atoms with Crippen LogP contribution in [0.4, 0.5) is 5.69 Å². The van der Waals surface area contributed by atoms with Crippen LogP contribution in [0, 0.1) is 5.21 Å². The van der Waals surface area contributed by atoms with Gasteiger partial charge in [-0.15, -0.1) is 0 Å². The second-order valence-electron chi connectivity index (χ2n) is 4.42. The fourth-order valence-electron chi connectivity index (χ4n) is 2.28. The monoisotopic (exact) mass is 205 g/mol. The van der Waals surface area contributed by atoms with Crippen LogP contribution in [0.2, 0.25) is 0 Å². The van der Waals surface area contributed by atoms with Gasteiger partial charge in [0.1, 0.15) is 5.69 Å². The van der Waals surface area contributed by atoms with Crippen molar-refractivity contribution in [2.45, 2.75) is 32.6 Å². The Labute approximate surface area is 91.7 Å². The average Bonchev–Trinajstić information content (AvgIpc) is 2.30. The summed E-state index contributed by atoms with van der Waals surface area (Å²) in [6.07, 6.45) is 4.40. The van der Waals surface area contributed by atoms with Gasteiger partial charge >= 0.3 is 0 Å². The smallest absolute Gasteiger partial charge is 0.132 e. The molecule has 0 spiro atoms. The summed E-state index contributed by atoms with van der Waals surface area (Å²) in [5.41, 5.74) is 2.24. The van der Waals surface area contributed by atoms with Crippen molar-refractivity contribution < 1.29 is 0 Å². The first kappa shape index (κ1) is 10.7. The van der Waals surface area contributed by atoms with Crippen molar-refractivity contribution in [3.05, 3.63) is 35.0 Å². The van der Waals surface area contributed by atoms with Crippen LogP contribution in [0.25, 0.3) is 0 Å². The van der Waals surface area contributed by atoms with Crippen LogP contribution < -0.4 is 4.65 Å². The quantitative estimate of drug-likeness (QED) is 0.537. The number of hydrogen-bond acceptors (Lipinski definition) is 1. The van der Waals surface area contributed by atoms with Crippen LogP contribution in [0.15, 0.2) is 24.3 Å². The zero-order valence-corrected chi connectivity index (χ0v) is 9.41. The van der Waals surface area contributed by atoms with Crippen LogP contribution in [0.1, 0.15) is 31.7 Å². The summed E-state index contributed by atoms with van der Waals surface area (Å²) >= 11 is 0. The van der Waals surface area contributed by atoms with Crippen molar-refractivity contribution in [2.75, 3.05) is 13.1 Å². The Morgan fingerprint density at radius 2 is 1.67 bits per heavy atom. The summed E-state index contributed by atoms with van der Waals surface area (Å²) in [7, 11) is 0. The third kappa shape index (κ3) is 2.21. The van der Waals surface area contributed by atoms with Crippen molar-refractivity contribution in [2.24, 2.45) is 0 Å². The van der Waals surface area contributed by atoms with Gasteiger partial charge in [0.2, 0.25) is 0 Å². The van der Waals surface area contributed by atoms with E-state index in [4.69, 9.17) is 0 Å². The lowest BCUT2D eigenvalue weighted by Crippen LogP contribution is -2.47. The Balaban J connectivity index is 2.20. The van der Waals surface area contributed by atoms with Crippen LogP contribution in [0.3, 0.4) is 0 Å². The summed E-state index contributed by atoms with van der Waals surface area (Å²) in [5, 5.41) is 12.5. The Bertz CT molecular complexity index is 312. The predicted octanol–water partition coefficient (Wildman–Crippen LogP) is 3.24. The summed E-state index contributed by atoms with van der Waals surface area (Å²) in [4.78, 5) is 0. The average molecular weight is 205 g/mol. The number of hydrogen-bond donors (Lipinski definition) is 0. The van der Waals surface area contributed by atoms with E-state index in [1.165, 1.54) is 12.0 Å². The van der Waals surface area contributed by atoms with E-state index in [0.717, 1.165) is 38.0 Å². The predicted molar refractivity (Wildman–Crippen MR) is 64.6 cm³/mol. The highest BCUT2D eigenvalue weighted by Crippen LogP contribution is 2.27. The summed E-state index contributed by atoms with van der Waals surface area (Å²) in [5.74, 6) is 0. The highest BCUT2D eigenvalue weighted by Gasteiger charge is 2.22. The minimum absolute atomic E-state index is 0.107. The second-order valence-corrected chi connectivity index (χ2v) is 4.42. The van der Waals surface area contributed by atoms with Gasteiger partial charge in [-0.2, -0.15) is 0 Å². The lowest BCUT2D eigenvalue weighted by Gasteiger charge is -2.44. The van der Waals surface area contributed by atoms with Gasteiger partial charge in [-0.3, -0.25) is 0 Å². The van der Waals surface area contributed by atoms with Gasteiger partial charge in [-0.1, -0.05) is 19.1 Å². The van der Waals surface area contributed by atoms with Gasteiger partial charge in [-0.25, -0.2) is 0 Å². The maximum absolute atomic E-state index is 12.5. The van der Waals surface area contributed by atoms with Crippen LogP contribution in [-0.4, -0.2) is 13.1 Å². The van der Waals surface area contributed by atoms with E-state index >= 15 is 0 Å². The molecule has 2 heteroatoms. The maximum atomic E-state index is 12.5. The molecule has 0 atom stereocenters. The molecule has 0 amide bonds. The fourth-order valence-corrected chi connectivity index (χ4v) is 2.28. The van der Waals surface area contributed by atoms with E-state index in [2.05, 4.69) is 19.1 Å². The zero-order chi connectivity index (χ0) is 10.7. The number of nitrogens with zero attached hydrogens (tertiary/aromatic N) is 1. The molecule has 1 heterocycles. The molecule has 0 N–H and O–H groups in total. The number of quaternary nitrogens is 1. The van der Waals surface area contributed by atoms with Crippen molar-refractivity contribution in [1.29, 1.82) is 0 Å². The molecule has 1 saturated heterocycles. The molecule has 82 valence electrons. The molecule has 2 nitrogen and oxygen atoms in total. The molecule has 0 radical (unpaired) electrons. The molecular weight excluding hydrogens is 186 g/mol. The molecule has 0 bridgehead atoms. The minimum Gasteiger partial charge on any atom is -0.627 e. The lowest BCUT2D eigenvalue weighted by atomic mass is 10.1. The SMILES string of the molecule is CCc1ccc([N+]2([O-])CCCCC2)cc1. The Hall–Kier alpha value is -0.860. The van der Waals surface area contributed by atoms with Crippen LogP contribution in [0.5, 0.6) is 0 Å². The molecule has 1 fully saturated rings. The van der Waals surface area contributed by atoms with E-state index in [1.807, 2.05) is 12.1 Å². The van der Waals surface area contributed by atoms with E-state index in [1.54, 1.807) is 0 Å².